The van der Waals surface area contributed by atoms with Crippen molar-refractivity contribution in [2.45, 2.75) is 13.5 Å². The smallest absolute Gasteiger partial charge is 0.280 e. The van der Waals surface area contributed by atoms with Crippen LogP contribution in [0.3, 0.4) is 0 Å². The second-order valence-electron chi connectivity index (χ2n) is 5.45. The Labute approximate surface area is 153 Å². The molecule has 6 nitrogen and oxygen atoms in total. The Balaban J connectivity index is 2.10. The number of nitrogens with one attached hydrogen (secondary N) is 1. The lowest BCUT2D eigenvalue weighted by Crippen LogP contribution is -2.27. The molecule has 2 aromatic carbocycles. The molecule has 0 radical (unpaired) electrons. The van der Waals surface area contributed by atoms with Crippen molar-refractivity contribution in [1.29, 1.82) is 0 Å². The van der Waals surface area contributed by atoms with E-state index < -0.39 is 17.2 Å². The summed E-state index contributed by atoms with van der Waals surface area (Å²) in [6.07, 6.45) is 0. The van der Waals surface area contributed by atoms with Gasteiger partial charge in [-0.15, -0.1) is 0 Å². The number of rotatable bonds is 4. The lowest BCUT2D eigenvalue weighted by atomic mass is 10.2. The van der Waals surface area contributed by atoms with Gasteiger partial charge in [0.15, 0.2) is 5.69 Å². The van der Waals surface area contributed by atoms with Crippen LogP contribution in [0.2, 0.25) is 5.02 Å². The van der Waals surface area contributed by atoms with E-state index in [0.29, 0.717) is 28.5 Å². The first-order valence-electron chi connectivity index (χ1n) is 7.80. The van der Waals surface area contributed by atoms with Crippen LogP contribution in [0.5, 0.6) is 5.75 Å². The zero-order chi connectivity index (χ0) is 18.8. The maximum absolute atomic E-state index is 13.6. The third kappa shape index (κ3) is 3.25. The van der Waals surface area contributed by atoms with Gasteiger partial charge in [-0.3, -0.25) is 14.3 Å². The topological polar surface area (TPSA) is 73.2 Å². The quantitative estimate of drug-likeness (QED) is 0.757. The Morgan fingerprint density at radius 1 is 1.31 bits per heavy atom. The highest BCUT2D eigenvalue weighted by molar-refractivity contribution is 6.31. The second-order valence-corrected chi connectivity index (χ2v) is 5.89. The molecule has 0 saturated heterocycles. The molecule has 8 heteroatoms. The van der Waals surface area contributed by atoms with Gasteiger partial charge in [-0.1, -0.05) is 11.6 Å². The Morgan fingerprint density at radius 2 is 2.08 bits per heavy atom. The van der Waals surface area contributed by atoms with Crippen LogP contribution >= 0.6 is 11.6 Å². The number of fused-ring (bicyclic) bond motifs is 1. The highest BCUT2D eigenvalue weighted by atomic mass is 35.5. The molecule has 3 rings (SSSR count). The van der Waals surface area contributed by atoms with Crippen LogP contribution in [-0.4, -0.2) is 22.8 Å². The number of carbonyl (C=O) groups is 1. The summed E-state index contributed by atoms with van der Waals surface area (Å²) in [7, 11) is 1.44. The minimum absolute atomic E-state index is 0.0880. The van der Waals surface area contributed by atoms with E-state index in [4.69, 9.17) is 16.3 Å². The fourth-order valence-electron chi connectivity index (χ4n) is 2.61. The molecule has 0 saturated carbocycles. The van der Waals surface area contributed by atoms with Crippen LogP contribution in [0.25, 0.3) is 10.9 Å². The molecule has 0 aliphatic carbocycles. The average molecular weight is 376 g/mol. The van der Waals surface area contributed by atoms with Crippen LogP contribution in [0.4, 0.5) is 10.1 Å². The standard InChI is InChI=1S/C18H15ClFN3O3/c1-3-23-14-6-5-11(20)9-12(14)17(24)16(22-23)18(25)21-13-8-10(19)4-7-15(13)26-2/h4-9H,3H2,1-2H3,(H,21,25). The third-order valence-electron chi connectivity index (χ3n) is 3.84. The summed E-state index contributed by atoms with van der Waals surface area (Å²) < 4.78 is 20.2. The van der Waals surface area contributed by atoms with Gasteiger partial charge >= 0.3 is 0 Å². The second kappa shape index (κ2) is 7.13. The molecule has 0 aliphatic rings. The van der Waals surface area contributed by atoms with Crippen molar-refractivity contribution < 1.29 is 13.9 Å². The first-order chi connectivity index (χ1) is 12.4. The van der Waals surface area contributed by atoms with Gasteiger partial charge in [-0.2, -0.15) is 5.10 Å². The van der Waals surface area contributed by atoms with Gasteiger partial charge in [0.05, 0.1) is 23.7 Å². The van der Waals surface area contributed by atoms with Gasteiger partial charge in [0.25, 0.3) is 5.91 Å². The van der Waals surface area contributed by atoms with Gasteiger partial charge in [0.1, 0.15) is 11.6 Å². The molecule has 0 spiro atoms. The number of nitrogens with zero attached hydrogens (tertiary/aromatic N) is 2. The van der Waals surface area contributed by atoms with Crippen molar-refractivity contribution >= 4 is 34.1 Å². The number of aromatic nitrogens is 2. The van der Waals surface area contributed by atoms with E-state index >= 15 is 0 Å². The molecule has 0 bridgehead atoms. The number of aryl methyl sites for hydroxylation is 1. The van der Waals surface area contributed by atoms with E-state index in [1.54, 1.807) is 12.1 Å². The predicted octanol–water partition coefficient (Wildman–Crippen LogP) is 3.47. The summed E-state index contributed by atoms with van der Waals surface area (Å²) in [4.78, 5) is 25.3. The Morgan fingerprint density at radius 3 is 2.77 bits per heavy atom. The molecular weight excluding hydrogens is 361 g/mol. The number of carbonyl (C=O) groups excluding carboxylic acids is 1. The van der Waals surface area contributed by atoms with Crippen molar-refractivity contribution in [2.24, 2.45) is 0 Å². The van der Waals surface area contributed by atoms with Crippen LogP contribution in [0, 0.1) is 5.82 Å². The largest absolute Gasteiger partial charge is 0.495 e. The van der Waals surface area contributed by atoms with Crippen LogP contribution in [0.15, 0.2) is 41.2 Å². The SMILES string of the molecule is CCn1nc(C(=O)Nc2cc(Cl)ccc2OC)c(=O)c2cc(F)ccc21. The molecule has 1 amide bonds. The monoisotopic (exact) mass is 375 g/mol. The number of methoxy groups -OCH3 is 1. The summed E-state index contributed by atoms with van der Waals surface area (Å²) in [6.45, 7) is 2.21. The number of ether oxygens (including phenoxy) is 1. The molecule has 1 heterocycles. The van der Waals surface area contributed by atoms with Crippen LogP contribution in [0.1, 0.15) is 17.4 Å². The molecule has 0 atom stereocenters. The van der Waals surface area contributed by atoms with Crippen molar-refractivity contribution in [3.63, 3.8) is 0 Å². The van der Waals surface area contributed by atoms with E-state index in [0.717, 1.165) is 6.07 Å². The van der Waals surface area contributed by atoms with Gasteiger partial charge in [-0.05, 0) is 43.3 Å². The normalized spacial score (nSPS) is 10.8. The molecule has 134 valence electrons. The lowest BCUT2D eigenvalue weighted by Gasteiger charge is -2.12. The molecule has 0 aliphatic heterocycles. The van der Waals surface area contributed by atoms with Crippen LogP contribution in [-0.2, 0) is 6.54 Å². The Hall–Kier alpha value is -2.93. The molecular formula is C18H15ClFN3O3. The van der Waals surface area contributed by atoms with Crippen LogP contribution < -0.4 is 15.5 Å². The number of halogens is 2. The van der Waals surface area contributed by atoms with Crippen molar-refractivity contribution in [3.8, 4) is 5.75 Å². The van der Waals surface area contributed by atoms with E-state index in [2.05, 4.69) is 10.4 Å². The Bertz CT molecular complexity index is 1070. The Kier molecular flexibility index (Phi) is 4.90. The van der Waals surface area contributed by atoms with Crippen molar-refractivity contribution in [1.82, 2.24) is 9.78 Å². The zero-order valence-corrected chi connectivity index (χ0v) is 14.8. The summed E-state index contributed by atoms with van der Waals surface area (Å²) in [5.41, 5.74) is -0.237. The summed E-state index contributed by atoms with van der Waals surface area (Å²) >= 11 is 5.95. The van der Waals surface area contributed by atoms with E-state index in [9.17, 15) is 14.0 Å². The lowest BCUT2D eigenvalue weighted by molar-refractivity contribution is 0.101. The van der Waals surface area contributed by atoms with E-state index in [1.165, 1.54) is 30.0 Å². The van der Waals surface area contributed by atoms with Crippen molar-refractivity contribution in [3.05, 3.63) is 63.2 Å². The third-order valence-corrected chi connectivity index (χ3v) is 4.08. The molecule has 1 N–H and O–H groups in total. The van der Waals surface area contributed by atoms with Gasteiger partial charge in [0.2, 0.25) is 5.43 Å². The maximum Gasteiger partial charge on any atom is 0.280 e. The summed E-state index contributed by atoms with van der Waals surface area (Å²) in [5, 5.41) is 7.17. The highest BCUT2D eigenvalue weighted by Gasteiger charge is 2.19. The molecule has 0 unspecified atom stereocenters. The number of hydrogen-bond donors (Lipinski definition) is 1. The first kappa shape index (κ1) is 17.9. The van der Waals surface area contributed by atoms with Gasteiger partial charge in [0, 0.05) is 11.6 Å². The van der Waals surface area contributed by atoms with E-state index in [-0.39, 0.29) is 11.1 Å². The zero-order valence-electron chi connectivity index (χ0n) is 14.0. The first-order valence-corrected chi connectivity index (χ1v) is 8.17. The maximum atomic E-state index is 13.6. The number of benzene rings is 2. The fourth-order valence-corrected chi connectivity index (χ4v) is 2.78. The molecule has 0 fully saturated rings. The summed E-state index contributed by atoms with van der Waals surface area (Å²) in [5.74, 6) is -0.916. The number of anilines is 1. The number of amides is 1. The number of hydrogen-bond acceptors (Lipinski definition) is 4. The summed E-state index contributed by atoms with van der Waals surface area (Å²) in [6, 6.07) is 8.50. The minimum atomic E-state index is -0.732. The van der Waals surface area contributed by atoms with Gasteiger partial charge < -0.3 is 10.1 Å². The van der Waals surface area contributed by atoms with Gasteiger partial charge in [-0.25, -0.2) is 4.39 Å². The molecule has 3 aromatic rings. The van der Waals surface area contributed by atoms with Crippen molar-refractivity contribution in [2.75, 3.05) is 12.4 Å². The van der Waals surface area contributed by atoms with E-state index in [1.807, 2.05) is 6.92 Å². The average Bonchev–Trinajstić information content (AvgIpc) is 2.62. The highest BCUT2D eigenvalue weighted by Crippen LogP contribution is 2.28. The fraction of sp³-hybridized carbons (Fsp3) is 0.167. The predicted molar refractivity (Wildman–Crippen MR) is 97.6 cm³/mol. The molecule has 1 aromatic heterocycles. The molecule has 26 heavy (non-hydrogen) atoms. The minimum Gasteiger partial charge on any atom is -0.495 e.